The fraction of sp³-hybridized carbons (Fsp3) is 0. The summed E-state index contributed by atoms with van der Waals surface area (Å²) in [6, 6.07) is 0. The zero-order valence-electron chi connectivity index (χ0n) is 2.35. The molecule has 0 spiro atoms. The van der Waals surface area contributed by atoms with E-state index in [0.29, 0.717) is 8.15 Å². The van der Waals surface area contributed by atoms with Gasteiger partial charge in [-0.05, 0) is 22.0 Å². The Hall–Kier alpha value is 2.00. The minimum atomic E-state index is -0.128. The first kappa shape index (κ1) is 7.00. The van der Waals surface area contributed by atoms with E-state index in [2.05, 4.69) is 34.3 Å². The average Bonchev–Trinajstić information content (AvgIpc) is 1.38. The van der Waals surface area contributed by atoms with Crippen LogP contribution in [0.3, 0.4) is 0 Å². The lowest BCUT2D eigenvalue weighted by atomic mass is 10.8. The van der Waals surface area contributed by atoms with Crippen molar-refractivity contribution in [2.24, 2.45) is 0 Å². The van der Waals surface area contributed by atoms with Crippen LogP contribution < -0.4 is 0 Å². The summed E-state index contributed by atoms with van der Waals surface area (Å²) in [4.78, 5) is 0. The summed E-state index contributed by atoms with van der Waals surface area (Å²) in [6.45, 7) is 0. The molecule has 0 nitrogen and oxygen atoms in total. The second kappa shape index (κ2) is 4.17. The van der Waals surface area contributed by atoms with Crippen molar-refractivity contribution in [2.45, 2.75) is 0 Å². The first-order valence-electron chi connectivity index (χ1n) is 0.881. The molecule has 0 bridgehead atoms. The Morgan fingerprint density at radius 2 is 2.20 bits per heavy atom. The monoisotopic (exact) mass is 234 g/mol. The SMILES string of the molecule is [B]PP(S)I. The third-order valence-electron chi connectivity index (χ3n) is 0.107. The molecule has 0 saturated heterocycles. The normalized spacial score (nSPS) is 17.2. The zero-order valence-corrected chi connectivity index (χ0v) is 7.30. The first-order valence-corrected chi connectivity index (χ1v) is 8.08. The smallest absolute Gasteiger partial charge is 0.112 e. The van der Waals surface area contributed by atoms with Gasteiger partial charge in [0.05, 0.1) is 0 Å². The van der Waals surface area contributed by atoms with Gasteiger partial charge in [0.25, 0.3) is 0 Å². The molecule has 28 valence electrons. The van der Waals surface area contributed by atoms with Gasteiger partial charge in [0, 0.05) is 4.45 Å². The van der Waals surface area contributed by atoms with E-state index in [1.54, 1.807) is 0 Å². The second-order valence-electron chi connectivity index (χ2n) is 0.389. The van der Waals surface area contributed by atoms with Crippen LogP contribution in [0, 0.1) is 0 Å². The Kier molecular flexibility index (Phi) is 5.84. The van der Waals surface area contributed by atoms with Crippen molar-refractivity contribution in [2.75, 3.05) is 0 Å². The molecule has 0 aromatic carbocycles. The van der Waals surface area contributed by atoms with Crippen LogP contribution in [0.5, 0.6) is 0 Å². The number of rotatable bonds is 1. The summed E-state index contributed by atoms with van der Waals surface area (Å²) in [5.41, 5.74) is 0. The molecule has 2 radical (unpaired) electrons. The third-order valence-corrected chi connectivity index (χ3v) is 4.50. The Morgan fingerprint density at radius 3 is 2.20 bits per heavy atom. The summed E-state index contributed by atoms with van der Waals surface area (Å²) < 4.78 is -0.128. The number of thiol groups is 1. The summed E-state index contributed by atoms with van der Waals surface area (Å²) in [7, 11) is 5.67. The molecule has 0 heterocycles. The quantitative estimate of drug-likeness (QED) is 0.306. The molecule has 0 aromatic rings. The highest BCUT2D eigenvalue weighted by Crippen LogP contribution is 2.63. The summed E-state index contributed by atoms with van der Waals surface area (Å²) in [5.74, 6) is 0. The van der Waals surface area contributed by atoms with E-state index in [1.807, 2.05) is 0 Å². The van der Waals surface area contributed by atoms with Crippen molar-refractivity contribution < 1.29 is 0 Å². The third kappa shape index (κ3) is 6.00. The molecule has 0 saturated carbocycles. The summed E-state index contributed by atoms with van der Waals surface area (Å²) in [6.07, 6.45) is 0. The van der Waals surface area contributed by atoms with Crippen LogP contribution in [0.15, 0.2) is 0 Å². The summed E-state index contributed by atoms with van der Waals surface area (Å²) >= 11 is 6.26. The minimum Gasteiger partial charge on any atom is -0.137 e. The molecule has 0 N–H and O–H groups in total. The van der Waals surface area contributed by atoms with Gasteiger partial charge < -0.3 is 0 Å². The lowest BCUT2D eigenvalue weighted by molar-refractivity contribution is 4.97. The Morgan fingerprint density at radius 1 is 2.00 bits per heavy atom. The second-order valence-corrected chi connectivity index (χ2v) is 13.5. The van der Waals surface area contributed by atoms with E-state index in [0.717, 1.165) is 0 Å². The van der Waals surface area contributed by atoms with Crippen LogP contribution >= 0.6 is 46.9 Å². The van der Waals surface area contributed by atoms with Gasteiger partial charge in [0.1, 0.15) is 7.57 Å². The van der Waals surface area contributed by atoms with E-state index in [-0.39, 0.29) is 4.45 Å². The van der Waals surface area contributed by atoms with E-state index in [1.165, 1.54) is 0 Å². The van der Waals surface area contributed by atoms with E-state index in [9.17, 15) is 0 Å². The lowest BCUT2D eigenvalue weighted by Crippen LogP contribution is -1.23. The molecule has 2 unspecified atom stereocenters. The van der Waals surface area contributed by atoms with Crippen LogP contribution in [-0.2, 0) is 0 Å². The van der Waals surface area contributed by atoms with Crippen LogP contribution in [0.4, 0.5) is 0 Å². The molecule has 0 aliphatic carbocycles. The molecular weight excluding hydrogens is 232 g/mol. The van der Waals surface area contributed by atoms with Crippen molar-refractivity contribution in [1.82, 2.24) is 0 Å². The maximum absolute atomic E-state index is 5.14. The van der Waals surface area contributed by atoms with Crippen molar-refractivity contribution >= 4 is 54.5 Å². The predicted molar refractivity (Wildman–Crippen MR) is 44.0 cm³/mol. The van der Waals surface area contributed by atoms with Crippen molar-refractivity contribution in [3.8, 4) is 0 Å². The molecule has 0 fully saturated rings. The van der Waals surface area contributed by atoms with Crippen molar-refractivity contribution in [3.63, 3.8) is 0 Å². The maximum Gasteiger partial charge on any atom is 0.112 e. The first-order chi connectivity index (χ1) is 2.27. The highest BCUT2D eigenvalue weighted by atomic mass is 127. The Bertz CT molecular complexity index is 23.6. The largest absolute Gasteiger partial charge is 0.137 e. The molecule has 2 atom stereocenters. The molecular formula is H2BIP2S. The van der Waals surface area contributed by atoms with Gasteiger partial charge in [-0.1, -0.05) is 0 Å². The molecule has 5 heavy (non-hydrogen) atoms. The highest BCUT2D eigenvalue weighted by Gasteiger charge is 1.82. The fourth-order valence-corrected chi connectivity index (χ4v) is 0. The minimum absolute atomic E-state index is 0.128. The van der Waals surface area contributed by atoms with Gasteiger partial charge in [-0.25, -0.2) is 0 Å². The summed E-state index contributed by atoms with van der Waals surface area (Å²) in [5, 5.41) is 0. The van der Waals surface area contributed by atoms with E-state index in [4.69, 9.17) is 7.57 Å². The standard InChI is InChI=1S/BH2IP2S/c1-3-4(2)5/h3,5H. The molecule has 0 aromatic heterocycles. The molecule has 0 amide bonds. The fourth-order valence-electron chi connectivity index (χ4n) is 0. The predicted octanol–water partition coefficient (Wildman–Crippen LogP) is 2.34. The van der Waals surface area contributed by atoms with Crippen molar-refractivity contribution in [3.05, 3.63) is 0 Å². The van der Waals surface area contributed by atoms with Gasteiger partial charge in [-0.3, -0.25) is 0 Å². The van der Waals surface area contributed by atoms with Crippen molar-refractivity contribution in [1.29, 1.82) is 0 Å². The van der Waals surface area contributed by atoms with Gasteiger partial charge in [0.15, 0.2) is 0 Å². The maximum atomic E-state index is 5.14. The molecule has 0 aliphatic heterocycles. The number of hydrogen-bond donors (Lipinski definition) is 1. The van der Waals surface area contributed by atoms with Crippen LogP contribution in [0.2, 0.25) is 0 Å². The topological polar surface area (TPSA) is 0 Å². The number of halogens is 1. The zero-order chi connectivity index (χ0) is 4.28. The average molecular weight is 234 g/mol. The lowest BCUT2D eigenvalue weighted by Gasteiger charge is -1.88. The molecule has 0 rings (SSSR count). The van der Waals surface area contributed by atoms with E-state index >= 15 is 0 Å². The van der Waals surface area contributed by atoms with Crippen LogP contribution in [0.1, 0.15) is 0 Å². The Balaban J connectivity index is 2.54. The molecule has 0 aliphatic rings. The van der Waals surface area contributed by atoms with E-state index < -0.39 is 0 Å². The van der Waals surface area contributed by atoms with Gasteiger partial charge >= 0.3 is 0 Å². The molecule has 5 heteroatoms. The van der Waals surface area contributed by atoms with Gasteiger partial charge in [0.2, 0.25) is 0 Å². The number of hydrogen-bond acceptors (Lipinski definition) is 1. The van der Waals surface area contributed by atoms with Gasteiger partial charge in [-0.2, -0.15) is 0 Å². The van der Waals surface area contributed by atoms with Crippen LogP contribution in [0.25, 0.3) is 0 Å². The highest BCUT2D eigenvalue weighted by molar-refractivity contribution is 14.2. The van der Waals surface area contributed by atoms with Gasteiger partial charge in [-0.15, -0.1) is 20.4 Å². The Labute approximate surface area is 54.3 Å². The van der Waals surface area contributed by atoms with Crippen LogP contribution in [-0.4, -0.2) is 7.57 Å².